The quantitative estimate of drug-likeness (QED) is 0.447. The number of pyridine rings is 1. The molecule has 0 saturated carbocycles. The topological polar surface area (TPSA) is 113 Å². The van der Waals surface area contributed by atoms with Crippen molar-refractivity contribution in [3.05, 3.63) is 84.2 Å². The molecule has 0 aliphatic rings. The van der Waals surface area contributed by atoms with Crippen LogP contribution in [0.25, 0.3) is 0 Å². The number of carbonyl (C=O) groups excluding carboxylic acids is 2. The Hall–Kier alpha value is -3.91. The molecule has 0 aliphatic heterocycles. The fourth-order valence-electron chi connectivity index (χ4n) is 2.69. The number of amides is 3. The van der Waals surface area contributed by atoms with Crippen LogP contribution in [0.2, 0.25) is 0 Å². The molecule has 0 saturated heterocycles. The Kier molecular flexibility index (Phi) is 7.56. The Morgan fingerprint density at radius 2 is 1.77 bits per heavy atom. The van der Waals surface area contributed by atoms with Crippen LogP contribution >= 0.6 is 0 Å². The van der Waals surface area contributed by atoms with Gasteiger partial charge in [0.1, 0.15) is 18.5 Å². The lowest BCUT2D eigenvalue weighted by Gasteiger charge is -2.15. The lowest BCUT2D eigenvalue weighted by Crippen LogP contribution is -2.37. The second kappa shape index (κ2) is 10.7. The third-order valence-corrected chi connectivity index (χ3v) is 4.37. The minimum Gasteiger partial charge on any atom is -0.491 e. The first-order valence-corrected chi connectivity index (χ1v) is 9.74. The van der Waals surface area contributed by atoms with E-state index in [0.29, 0.717) is 22.7 Å². The van der Waals surface area contributed by atoms with Gasteiger partial charge in [-0.05, 0) is 48.9 Å². The Morgan fingerprint density at radius 1 is 1.03 bits per heavy atom. The van der Waals surface area contributed by atoms with Crippen LogP contribution in [0.5, 0.6) is 5.75 Å². The number of nitrogens with zero attached hydrogens (tertiary/aromatic N) is 1. The molecule has 0 bridgehead atoms. The molecule has 31 heavy (non-hydrogen) atoms. The predicted octanol–water partition coefficient (Wildman–Crippen LogP) is 3.20. The molecule has 0 spiro atoms. The second-order valence-electron chi connectivity index (χ2n) is 6.83. The van der Waals surface area contributed by atoms with E-state index in [1.807, 2.05) is 25.1 Å². The van der Waals surface area contributed by atoms with Gasteiger partial charge in [-0.2, -0.15) is 0 Å². The van der Waals surface area contributed by atoms with E-state index in [2.05, 4.69) is 20.9 Å². The molecule has 160 valence electrons. The van der Waals surface area contributed by atoms with E-state index in [0.717, 1.165) is 5.56 Å². The molecular formula is C23H24N4O4. The molecule has 8 heteroatoms. The third kappa shape index (κ3) is 6.83. The summed E-state index contributed by atoms with van der Waals surface area (Å²) in [6.45, 7) is 1.94. The highest BCUT2D eigenvalue weighted by molar-refractivity contribution is 6.05. The summed E-state index contributed by atoms with van der Waals surface area (Å²) in [5, 5.41) is 18.1. The van der Waals surface area contributed by atoms with Crippen LogP contribution in [-0.4, -0.2) is 41.3 Å². The molecule has 4 N–H and O–H groups in total. The van der Waals surface area contributed by atoms with E-state index in [1.165, 1.54) is 0 Å². The van der Waals surface area contributed by atoms with Gasteiger partial charge in [-0.25, -0.2) is 4.79 Å². The number of para-hydroxylation sites is 1. The number of hydrogen-bond donors (Lipinski definition) is 4. The summed E-state index contributed by atoms with van der Waals surface area (Å²) in [5.74, 6) is 0.376. The SMILES string of the molecule is Cc1ccc(NC(=O)NCC(O)COc2ccccc2)cc1NC(=O)c1ccncc1. The Bertz CT molecular complexity index is 1010. The first-order valence-electron chi connectivity index (χ1n) is 9.74. The molecule has 1 aromatic heterocycles. The summed E-state index contributed by atoms with van der Waals surface area (Å²) >= 11 is 0. The zero-order chi connectivity index (χ0) is 22.1. The molecule has 0 fully saturated rings. The van der Waals surface area contributed by atoms with Crippen molar-refractivity contribution >= 4 is 23.3 Å². The first-order chi connectivity index (χ1) is 15.0. The Labute approximate surface area is 180 Å². The normalized spacial score (nSPS) is 11.3. The zero-order valence-electron chi connectivity index (χ0n) is 17.0. The summed E-state index contributed by atoms with van der Waals surface area (Å²) in [5.41, 5.74) is 2.41. The molecule has 1 unspecified atom stereocenters. The van der Waals surface area contributed by atoms with Crippen LogP contribution in [0.3, 0.4) is 0 Å². The molecular weight excluding hydrogens is 396 g/mol. The number of anilines is 2. The lowest BCUT2D eigenvalue weighted by molar-refractivity contribution is 0.102. The summed E-state index contributed by atoms with van der Waals surface area (Å²) < 4.78 is 5.45. The number of aliphatic hydroxyl groups excluding tert-OH is 1. The number of benzene rings is 2. The maximum atomic E-state index is 12.4. The highest BCUT2D eigenvalue weighted by Gasteiger charge is 2.11. The molecule has 2 aromatic carbocycles. The highest BCUT2D eigenvalue weighted by atomic mass is 16.5. The fraction of sp³-hybridized carbons (Fsp3) is 0.174. The zero-order valence-corrected chi connectivity index (χ0v) is 17.0. The number of ether oxygens (including phenoxy) is 1. The summed E-state index contributed by atoms with van der Waals surface area (Å²) in [4.78, 5) is 28.4. The van der Waals surface area contributed by atoms with Gasteiger partial charge >= 0.3 is 6.03 Å². The van der Waals surface area contributed by atoms with Crippen molar-refractivity contribution in [3.63, 3.8) is 0 Å². The molecule has 8 nitrogen and oxygen atoms in total. The lowest BCUT2D eigenvalue weighted by atomic mass is 10.1. The van der Waals surface area contributed by atoms with Crippen molar-refractivity contribution in [2.75, 3.05) is 23.8 Å². The summed E-state index contributed by atoms with van der Waals surface area (Å²) in [6.07, 6.45) is 2.23. The van der Waals surface area contributed by atoms with E-state index in [1.54, 1.807) is 54.9 Å². The van der Waals surface area contributed by atoms with Gasteiger partial charge in [-0.15, -0.1) is 0 Å². The number of hydrogen-bond acceptors (Lipinski definition) is 5. The highest BCUT2D eigenvalue weighted by Crippen LogP contribution is 2.21. The molecule has 0 radical (unpaired) electrons. The number of aryl methyl sites for hydroxylation is 1. The molecule has 0 aliphatic carbocycles. The van der Waals surface area contributed by atoms with Gasteiger partial charge in [0.15, 0.2) is 0 Å². The van der Waals surface area contributed by atoms with Crippen LogP contribution in [-0.2, 0) is 0 Å². The average Bonchev–Trinajstić information content (AvgIpc) is 2.79. The molecule has 1 atom stereocenters. The first kappa shape index (κ1) is 21.8. The Morgan fingerprint density at radius 3 is 2.52 bits per heavy atom. The smallest absolute Gasteiger partial charge is 0.319 e. The maximum absolute atomic E-state index is 12.4. The van der Waals surface area contributed by atoms with Gasteiger partial charge in [-0.1, -0.05) is 24.3 Å². The number of aromatic nitrogens is 1. The van der Waals surface area contributed by atoms with Crippen LogP contribution in [0.1, 0.15) is 15.9 Å². The van der Waals surface area contributed by atoms with E-state index in [9.17, 15) is 14.7 Å². The minimum atomic E-state index is -0.862. The van der Waals surface area contributed by atoms with Crippen molar-refractivity contribution in [1.29, 1.82) is 0 Å². The predicted molar refractivity (Wildman–Crippen MR) is 118 cm³/mol. The second-order valence-corrected chi connectivity index (χ2v) is 6.83. The van der Waals surface area contributed by atoms with Crippen molar-refractivity contribution in [2.45, 2.75) is 13.0 Å². The molecule has 3 rings (SSSR count). The van der Waals surface area contributed by atoms with Gasteiger partial charge in [0.25, 0.3) is 5.91 Å². The van der Waals surface area contributed by atoms with Gasteiger partial charge in [0.2, 0.25) is 0 Å². The van der Waals surface area contributed by atoms with Gasteiger partial charge in [-0.3, -0.25) is 9.78 Å². The van der Waals surface area contributed by atoms with Crippen LogP contribution in [0.4, 0.5) is 16.2 Å². The number of rotatable bonds is 8. The third-order valence-electron chi connectivity index (χ3n) is 4.37. The van der Waals surface area contributed by atoms with E-state index >= 15 is 0 Å². The molecule has 3 amide bonds. The van der Waals surface area contributed by atoms with Crippen LogP contribution in [0, 0.1) is 6.92 Å². The van der Waals surface area contributed by atoms with Gasteiger partial charge in [0.05, 0.1) is 0 Å². The fourth-order valence-corrected chi connectivity index (χ4v) is 2.69. The van der Waals surface area contributed by atoms with Gasteiger partial charge in [0, 0.05) is 35.9 Å². The summed E-state index contributed by atoms with van der Waals surface area (Å²) in [7, 11) is 0. The van der Waals surface area contributed by atoms with Crippen LogP contribution in [0.15, 0.2) is 73.1 Å². The standard InChI is InChI=1S/C23H24N4O4/c1-16-7-8-18(13-21(16)27-22(29)17-9-11-24-12-10-17)26-23(30)25-14-19(28)15-31-20-5-3-2-4-6-20/h2-13,19,28H,14-15H2,1H3,(H,27,29)(H2,25,26,30). The van der Waals surface area contributed by atoms with Crippen molar-refractivity contribution < 1.29 is 19.4 Å². The number of urea groups is 1. The Balaban J connectivity index is 1.49. The number of nitrogens with one attached hydrogen (secondary N) is 3. The number of carbonyl (C=O) groups is 2. The molecule has 1 heterocycles. The van der Waals surface area contributed by atoms with E-state index in [4.69, 9.17) is 4.74 Å². The van der Waals surface area contributed by atoms with E-state index in [-0.39, 0.29) is 19.1 Å². The van der Waals surface area contributed by atoms with E-state index < -0.39 is 12.1 Å². The molecule has 3 aromatic rings. The average molecular weight is 420 g/mol. The minimum absolute atomic E-state index is 0.0240. The largest absolute Gasteiger partial charge is 0.491 e. The summed E-state index contributed by atoms with van der Waals surface area (Å²) in [6, 6.07) is 17.1. The van der Waals surface area contributed by atoms with Gasteiger partial charge < -0.3 is 25.8 Å². The maximum Gasteiger partial charge on any atom is 0.319 e. The van der Waals surface area contributed by atoms with Crippen molar-refractivity contribution in [1.82, 2.24) is 10.3 Å². The number of aliphatic hydroxyl groups is 1. The van der Waals surface area contributed by atoms with Crippen molar-refractivity contribution in [2.24, 2.45) is 0 Å². The van der Waals surface area contributed by atoms with Crippen molar-refractivity contribution in [3.8, 4) is 5.75 Å². The monoisotopic (exact) mass is 420 g/mol. The van der Waals surface area contributed by atoms with Crippen LogP contribution < -0.4 is 20.7 Å².